The maximum Gasteiger partial charge on any atom is 0.207 e. The summed E-state index contributed by atoms with van der Waals surface area (Å²) in [6.45, 7) is 2.73. The molecule has 1 aliphatic carbocycles. The number of rotatable bonds is 3. The van der Waals surface area contributed by atoms with Crippen molar-refractivity contribution in [2.75, 3.05) is 6.54 Å². The quantitative estimate of drug-likeness (QED) is 0.626. The van der Waals surface area contributed by atoms with Crippen LogP contribution < -0.4 is 5.32 Å². The summed E-state index contributed by atoms with van der Waals surface area (Å²) in [7, 11) is 0. The van der Waals surface area contributed by atoms with E-state index in [0.717, 1.165) is 5.57 Å². The van der Waals surface area contributed by atoms with Crippen molar-refractivity contribution in [2.24, 2.45) is 5.92 Å². The van der Waals surface area contributed by atoms with Gasteiger partial charge in [0, 0.05) is 6.54 Å². The number of hydrogen-bond acceptors (Lipinski definition) is 1. The lowest BCUT2D eigenvalue weighted by Crippen LogP contribution is -2.13. The van der Waals surface area contributed by atoms with Crippen molar-refractivity contribution in [3.63, 3.8) is 0 Å². The molecule has 1 N–H and O–H groups in total. The molecule has 0 bridgehead atoms. The fourth-order valence-corrected chi connectivity index (χ4v) is 1.03. The molecule has 0 saturated heterocycles. The van der Waals surface area contributed by atoms with E-state index in [0.29, 0.717) is 18.9 Å². The second-order valence-corrected chi connectivity index (χ2v) is 2.84. The highest BCUT2D eigenvalue weighted by Gasteiger charge is 1.95. The Morgan fingerprint density at radius 2 is 2.42 bits per heavy atom. The maximum absolute atomic E-state index is 10.0. The number of carbonyl (C=O) groups excluding carboxylic acids is 1. The summed E-state index contributed by atoms with van der Waals surface area (Å²) in [6, 6.07) is 0. The Morgan fingerprint density at radius 3 is 3.17 bits per heavy atom. The van der Waals surface area contributed by atoms with Crippen LogP contribution in [0.4, 0.5) is 0 Å². The zero-order chi connectivity index (χ0) is 8.81. The average Bonchev–Trinajstić information content (AvgIpc) is 2.27. The topological polar surface area (TPSA) is 29.1 Å². The molecule has 0 heterocycles. The molecule has 1 unspecified atom stereocenters. The number of carbonyl (C=O) groups is 1. The van der Waals surface area contributed by atoms with Crippen LogP contribution in [0.5, 0.6) is 0 Å². The lowest BCUT2D eigenvalue weighted by atomic mass is 10.1. The van der Waals surface area contributed by atoms with Crippen LogP contribution in [-0.2, 0) is 4.79 Å². The van der Waals surface area contributed by atoms with Crippen molar-refractivity contribution in [1.29, 1.82) is 0 Å². The lowest BCUT2D eigenvalue weighted by molar-refractivity contribution is -0.109. The Hall–Kier alpha value is -1.31. The zero-order valence-corrected chi connectivity index (χ0v) is 7.16. The lowest BCUT2D eigenvalue weighted by Gasteiger charge is -1.98. The first kappa shape index (κ1) is 8.78. The minimum absolute atomic E-state index is 0.481. The van der Waals surface area contributed by atoms with Gasteiger partial charge in [0.2, 0.25) is 6.41 Å². The zero-order valence-electron chi connectivity index (χ0n) is 7.16. The Balaban J connectivity index is 2.54. The summed E-state index contributed by atoms with van der Waals surface area (Å²) < 4.78 is 0. The third kappa shape index (κ3) is 2.74. The van der Waals surface area contributed by atoms with Gasteiger partial charge < -0.3 is 5.32 Å². The van der Waals surface area contributed by atoms with Crippen molar-refractivity contribution in [2.45, 2.75) is 6.92 Å². The molecule has 1 rings (SSSR count). The third-order valence-electron chi connectivity index (χ3n) is 1.73. The molecule has 0 radical (unpaired) electrons. The second kappa shape index (κ2) is 4.54. The van der Waals surface area contributed by atoms with Crippen molar-refractivity contribution >= 4 is 6.41 Å². The summed E-state index contributed by atoms with van der Waals surface area (Å²) >= 11 is 0. The van der Waals surface area contributed by atoms with Gasteiger partial charge in [-0.2, -0.15) is 0 Å². The summed E-state index contributed by atoms with van der Waals surface area (Å²) in [5.41, 5.74) is 1.13. The molecule has 2 nitrogen and oxygen atoms in total. The predicted octanol–water partition coefficient (Wildman–Crippen LogP) is 1.42. The highest BCUT2D eigenvalue weighted by Crippen LogP contribution is 2.08. The molecule has 0 aromatic heterocycles. The van der Waals surface area contributed by atoms with E-state index in [1.165, 1.54) is 0 Å². The largest absolute Gasteiger partial charge is 0.355 e. The fraction of sp³-hybridized carbons (Fsp3) is 0.300. The molecule has 0 aliphatic heterocycles. The van der Waals surface area contributed by atoms with E-state index in [1.54, 1.807) is 0 Å². The van der Waals surface area contributed by atoms with E-state index >= 15 is 0 Å². The van der Waals surface area contributed by atoms with Gasteiger partial charge >= 0.3 is 0 Å². The highest BCUT2D eigenvalue weighted by molar-refractivity contribution is 5.47. The van der Waals surface area contributed by atoms with Gasteiger partial charge in [0.05, 0.1) is 0 Å². The SMILES string of the molecule is CC1C=CC=C(CNC=O)C=C1. The van der Waals surface area contributed by atoms with E-state index < -0.39 is 0 Å². The van der Waals surface area contributed by atoms with E-state index in [1.807, 2.05) is 18.2 Å². The van der Waals surface area contributed by atoms with Gasteiger partial charge in [-0.05, 0) is 11.5 Å². The fourth-order valence-electron chi connectivity index (χ4n) is 1.03. The molecule has 0 spiro atoms. The van der Waals surface area contributed by atoms with Crippen molar-refractivity contribution in [1.82, 2.24) is 5.32 Å². The number of hydrogen-bond donors (Lipinski definition) is 1. The molecule has 1 amide bonds. The van der Waals surface area contributed by atoms with Crippen LogP contribution in [0, 0.1) is 5.92 Å². The molecule has 64 valence electrons. The summed E-state index contributed by atoms with van der Waals surface area (Å²) in [4.78, 5) is 10.0. The standard InChI is InChI=1S/C10H13NO/c1-9-3-2-4-10(6-5-9)7-11-8-12/h2-6,8-9H,7H2,1H3,(H,11,12). The Labute approximate surface area is 72.7 Å². The number of amides is 1. The minimum Gasteiger partial charge on any atom is -0.355 e. The van der Waals surface area contributed by atoms with Gasteiger partial charge in [-0.15, -0.1) is 0 Å². The normalized spacial score (nSPS) is 21.4. The van der Waals surface area contributed by atoms with Crippen molar-refractivity contribution in [3.8, 4) is 0 Å². The highest BCUT2D eigenvalue weighted by atomic mass is 16.1. The first-order chi connectivity index (χ1) is 5.83. The van der Waals surface area contributed by atoms with Crippen LogP contribution in [0.25, 0.3) is 0 Å². The number of nitrogens with one attached hydrogen (secondary N) is 1. The molecule has 1 atom stereocenters. The second-order valence-electron chi connectivity index (χ2n) is 2.84. The van der Waals surface area contributed by atoms with Crippen LogP contribution >= 0.6 is 0 Å². The summed E-state index contributed by atoms with van der Waals surface area (Å²) in [5.74, 6) is 0.481. The van der Waals surface area contributed by atoms with Crippen molar-refractivity contribution < 1.29 is 4.79 Å². The van der Waals surface area contributed by atoms with Crippen LogP contribution in [0.15, 0.2) is 36.0 Å². The smallest absolute Gasteiger partial charge is 0.207 e. The Bertz CT molecular complexity index is 238. The Kier molecular flexibility index (Phi) is 3.33. The molecule has 1 aliphatic rings. The molecule has 0 saturated carbocycles. The van der Waals surface area contributed by atoms with Crippen LogP contribution in [0.1, 0.15) is 6.92 Å². The molecule has 2 heteroatoms. The molecule has 12 heavy (non-hydrogen) atoms. The molecule has 0 aromatic rings. The van der Waals surface area contributed by atoms with Crippen LogP contribution in [-0.4, -0.2) is 13.0 Å². The van der Waals surface area contributed by atoms with Crippen LogP contribution in [0.2, 0.25) is 0 Å². The Morgan fingerprint density at radius 1 is 1.58 bits per heavy atom. The van der Waals surface area contributed by atoms with Gasteiger partial charge in [-0.3, -0.25) is 4.79 Å². The monoisotopic (exact) mass is 163 g/mol. The average molecular weight is 163 g/mol. The van der Waals surface area contributed by atoms with Gasteiger partial charge in [0.1, 0.15) is 0 Å². The number of allylic oxidation sites excluding steroid dienone is 4. The molecular weight excluding hydrogens is 150 g/mol. The first-order valence-electron chi connectivity index (χ1n) is 4.05. The van der Waals surface area contributed by atoms with E-state index in [2.05, 4.69) is 24.4 Å². The molecular formula is C10H13NO. The van der Waals surface area contributed by atoms with Crippen LogP contribution in [0.3, 0.4) is 0 Å². The van der Waals surface area contributed by atoms with Gasteiger partial charge in [0.25, 0.3) is 0 Å². The predicted molar refractivity (Wildman–Crippen MR) is 49.6 cm³/mol. The maximum atomic E-state index is 10.0. The molecule has 0 aromatic carbocycles. The van der Waals surface area contributed by atoms with E-state index in [4.69, 9.17) is 0 Å². The first-order valence-corrected chi connectivity index (χ1v) is 4.05. The summed E-state index contributed by atoms with van der Waals surface area (Å²) in [5, 5.41) is 2.63. The molecule has 0 fully saturated rings. The van der Waals surface area contributed by atoms with Gasteiger partial charge in [-0.1, -0.05) is 37.3 Å². The van der Waals surface area contributed by atoms with Gasteiger partial charge in [0.15, 0.2) is 0 Å². The minimum atomic E-state index is 0.481. The van der Waals surface area contributed by atoms with E-state index in [-0.39, 0.29) is 0 Å². The van der Waals surface area contributed by atoms with Crippen molar-refractivity contribution in [3.05, 3.63) is 36.0 Å². The van der Waals surface area contributed by atoms with E-state index in [9.17, 15) is 4.79 Å². The van der Waals surface area contributed by atoms with Gasteiger partial charge in [-0.25, -0.2) is 0 Å². The third-order valence-corrected chi connectivity index (χ3v) is 1.73. The summed E-state index contributed by atoms with van der Waals surface area (Å²) in [6.07, 6.45) is 11.0.